The molecule has 0 saturated carbocycles. The number of carbonyl (C=O) groups excluding carboxylic acids is 4. The van der Waals surface area contributed by atoms with Crippen LogP contribution >= 0.6 is 23.4 Å². The van der Waals surface area contributed by atoms with Crippen molar-refractivity contribution in [3.8, 4) is 5.75 Å². The standard InChI is InChI=1S/C22H18ClFN2O6S/c1-2-31-20(28)11-26-21(29)18(33-22(26)30)10-13-3-8-17(16(23)9-13)32-12-19(27)25-15-6-4-14(24)5-7-15/h3-10H,2,11-12H2,1H3,(H,25,27)/b18-10+. The quantitative estimate of drug-likeness (QED) is 0.437. The summed E-state index contributed by atoms with van der Waals surface area (Å²) in [5.41, 5.74) is 0.938. The summed E-state index contributed by atoms with van der Waals surface area (Å²) < 4.78 is 23.1. The Morgan fingerprint density at radius 2 is 1.91 bits per heavy atom. The number of benzene rings is 2. The molecular weight excluding hydrogens is 475 g/mol. The van der Waals surface area contributed by atoms with Crippen LogP contribution in [0.5, 0.6) is 5.75 Å². The second kappa shape index (κ2) is 11.0. The number of hydrogen-bond acceptors (Lipinski definition) is 7. The zero-order chi connectivity index (χ0) is 24.0. The van der Waals surface area contributed by atoms with Gasteiger partial charge in [0.15, 0.2) is 6.61 Å². The number of nitrogens with one attached hydrogen (secondary N) is 1. The van der Waals surface area contributed by atoms with E-state index in [-0.39, 0.29) is 28.9 Å². The Morgan fingerprint density at radius 1 is 1.18 bits per heavy atom. The summed E-state index contributed by atoms with van der Waals surface area (Å²) in [6.45, 7) is 0.985. The van der Waals surface area contributed by atoms with E-state index in [9.17, 15) is 23.6 Å². The maximum Gasteiger partial charge on any atom is 0.326 e. The smallest absolute Gasteiger partial charge is 0.326 e. The maximum atomic E-state index is 12.9. The third kappa shape index (κ3) is 6.56. The van der Waals surface area contributed by atoms with Crippen molar-refractivity contribution in [2.45, 2.75) is 6.92 Å². The molecule has 1 heterocycles. The summed E-state index contributed by atoms with van der Waals surface area (Å²) in [5.74, 6) is -1.92. The van der Waals surface area contributed by atoms with Gasteiger partial charge in [-0.3, -0.25) is 24.1 Å². The number of anilines is 1. The maximum absolute atomic E-state index is 12.9. The van der Waals surface area contributed by atoms with Crippen molar-refractivity contribution >= 4 is 58.1 Å². The third-order valence-electron chi connectivity index (χ3n) is 4.21. The van der Waals surface area contributed by atoms with Crippen LogP contribution in [0, 0.1) is 5.82 Å². The normalized spacial score (nSPS) is 14.5. The van der Waals surface area contributed by atoms with Gasteiger partial charge in [-0.05, 0) is 66.7 Å². The van der Waals surface area contributed by atoms with Gasteiger partial charge in [0.05, 0.1) is 16.5 Å². The highest BCUT2D eigenvalue weighted by molar-refractivity contribution is 8.18. The second-order valence-electron chi connectivity index (χ2n) is 6.61. The molecule has 0 spiro atoms. The molecule has 1 fully saturated rings. The molecule has 8 nitrogen and oxygen atoms in total. The summed E-state index contributed by atoms with van der Waals surface area (Å²) in [6, 6.07) is 9.90. The average Bonchev–Trinajstić information content (AvgIpc) is 3.02. The van der Waals surface area contributed by atoms with Gasteiger partial charge in [0.25, 0.3) is 17.1 Å². The Labute approximate surface area is 197 Å². The molecule has 0 atom stereocenters. The van der Waals surface area contributed by atoms with Crippen LogP contribution in [0.3, 0.4) is 0 Å². The Hall–Kier alpha value is -3.37. The average molecular weight is 493 g/mol. The molecule has 3 amide bonds. The number of imide groups is 1. The van der Waals surface area contributed by atoms with Gasteiger partial charge in [0.1, 0.15) is 18.1 Å². The van der Waals surface area contributed by atoms with Crippen molar-refractivity contribution in [3.63, 3.8) is 0 Å². The van der Waals surface area contributed by atoms with Crippen LogP contribution in [0.25, 0.3) is 6.08 Å². The van der Waals surface area contributed by atoms with Crippen molar-refractivity contribution in [2.75, 3.05) is 25.1 Å². The number of hydrogen-bond donors (Lipinski definition) is 1. The Balaban J connectivity index is 1.60. The summed E-state index contributed by atoms with van der Waals surface area (Å²) in [4.78, 5) is 49.0. The van der Waals surface area contributed by atoms with Gasteiger partial charge in [-0.15, -0.1) is 0 Å². The lowest BCUT2D eigenvalue weighted by atomic mass is 10.2. The zero-order valence-electron chi connectivity index (χ0n) is 17.3. The van der Waals surface area contributed by atoms with E-state index >= 15 is 0 Å². The minimum atomic E-state index is -0.672. The van der Waals surface area contributed by atoms with Gasteiger partial charge in [-0.2, -0.15) is 0 Å². The van der Waals surface area contributed by atoms with Crippen molar-refractivity contribution in [1.82, 2.24) is 4.90 Å². The second-order valence-corrected chi connectivity index (χ2v) is 8.01. The van der Waals surface area contributed by atoms with Crippen LogP contribution in [0.15, 0.2) is 47.4 Å². The number of nitrogens with zero attached hydrogens (tertiary/aromatic N) is 1. The van der Waals surface area contributed by atoms with Crippen molar-refractivity contribution in [2.24, 2.45) is 0 Å². The molecule has 1 aliphatic rings. The molecule has 3 rings (SSSR count). The molecule has 0 bridgehead atoms. The lowest BCUT2D eigenvalue weighted by Crippen LogP contribution is -2.34. The van der Waals surface area contributed by atoms with E-state index in [4.69, 9.17) is 21.1 Å². The summed E-state index contributed by atoms with van der Waals surface area (Å²) in [7, 11) is 0. The summed E-state index contributed by atoms with van der Waals surface area (Å²) in [6.07, 6.45) is 1.47. The highest BCUT2D eigenvalue weighted by Crippen LogP contribution is 2.33. The fourth-order valence-corrected chi connectivity index (χ4v) is 3.80. The first-order chi connectivity index (χ1) is 15.8. The number of rotatable bonds is 8. The molecular formula is C22H18ClFN2O6S. The predicted octanol–water partition coefficient (Wildman–Crippen LogP) is 4.10. The van der Waals surface area contributed by atoms with Crippen molar-refractivity contribution in [3.05, 3.63) is 63.8 Å². The first-order valence-electron chi connectivity index (χ1n) is 9.65. The van der Waals surface area contributed by atoms with Gasteiger partial charge >= 0.3 is 5.97 Å². The van der Waals surface area contributed by atoms with E-state index in [0.29, 0.717) is 23.0 Å². The van der Waals surface area contributed by atoms with Gasteiger partial charge < -0.3 is 14.8 Å². The molecule has 11 heteroatoms. The molecule has 0 aromatic heterocycles. The summed E-state index contributed by atoms with van der Waals surface area (Å²) >= 11 is 6.92. The highest BCUT2D eigenvalue weighted by atomic mass is 35.5. The molecule has 0 radical (unpaired) electrons. The van der Waals surface area contributed by atoms with Crippen LogP contribution in [0.1, 0.15) is 12.5 Å². The summed E-state index contributed by atoms with van der Waals surface area (Å²) in [5, 5.41) is 2.17. The van der Waals surface area contributed by atoms with E-state index in [1.54, 1.807) is 13.0 Å². The monoisotopic (exact) mass is 492 g/mol. The number of thioether (sulfide) groups is 1. The van der Waals surface area contributed by atoms with Crippen LogP contribution in [0.2, 0.25) is 5.02 Å². The van der Waals surface area contributed by atoms with Gasteiger partial charge in [0.2, 0.25) is 0 Å². The molecule has 172 valence electrons. The SMILES string of the molecule is CCOC(=O)CN1C(=O)S/C(=C/c2ccc(OCC(=O)Nc3ccc(F)cc3)c(Cl)c2)C1=O. The fraction of sp³-hybridized carbons (Fsp3) is 0.182. The highest BCUT2D eigenvalue weighted by Gasteiger charge is 2.36. The number of ether oxygens (including phenoxy) is 2. The van der Waals surface area contributed by atoms with Crippen LogP contribution in [-0.4, -0.2) is 47.7 Å². The zero-order valence-corrected chi connectivity index (χ0v) is 18.9. The molecule has 1 N–H and O–H groups in total. The number of halogens is 2. The third-order valence-corrected chi connectivity index (χ3v) is 5.41. The molecule has 33 heavy (non-hydrogen) atoms. The van der Waals surface area contributed by atoms with Crippen molar-refractivity contribution < 1.29 is 33.0 Å². The van der Waals surface area contributed by atoms with Crippen LogP contribution in [-0.2, 0) is 19.1 Å². The first-order valence-corrected chi connectivity index (χ1v) is 10.8. The topological polar surface area (TPSA) is 102 Å². The molecule has 1 saturated heterocycles. The fourth-order valence-electron chi connectivity index (χ4n) is 2.72. The first kappa shape index (κ1) is 24.3. The number of carbonyl (C=O) groups is 4. The lowest BCUT2D eigenvalue weighted by Gasteiger charge is -2.11. The molecule has 2 aromatic carbocycles. The minimum Gasteiger partial charge on any atom is -0.482 e. The Kier molecular flexibility index (Phi) is 8.07. The lowest BCUT2D eigenvalue weighted by molar-refractivity contribution is -0.146. The van der Waals surface area contributed by atoms with E-state index in [1.807, 2.05) is 0 Å². The van der Waals surface area contributed by atoms with E-state index in [1.165, 1.54) is 42.5 Å². The Morgan fingerprint density at radius 3 is 2.58 bits per heavy atom. The van der Waals surface area contributed by atoms with Crippen molar-refractivity contribution in [1.29, 1.82) is 0 Å². The van der Waals surface area contributed by atoms with Crippen LogP contribution in [0.4, 0.5) is 14.9 Å². The Bertz CT molecular complexity index is 1120. The van der Waals surface area contributed by atoms with E-state index in [2.05, 4.69) is 5.32 Å². The van der Waals surface area contributed by atoms with E-state index in [0.717, 1.165) is 4.90 Å². The predicted molar refractivity (Wildman–Crippen MR) is 121 cm³/mol. The van der Waals surface area contributed by atoms with Crippen LogP contribution < -0.4 is 10.1 Å². The number of amides is 3. The largest absolute Gasteiger partial charge is 0.482 e. The molecule has 2 aromatic rings. The minimum absolute atomic E-state index is 0.132. The van der Waals surface area contributed by atoms with E-state index < -0.39 is 35.4 Å². The van der Waals surface area contributed by atoms with Gasteiger partial charge in [-0.25, -0.2) is 4.39 Å². The molecule has 1 aliphatic heterocycles. The van der Waals surface area contributed by atoms with Gasteiger partial charge in [0, 0.05) is 5.69 Å². The molecule has 0 unspecified atom stereocenters. The number of esters is 1. The molecule has 0 aliphatic carbocycles. The van der Waals surface area contributed by atoms with Gasteiger partial charge in [-0.1, -0.05) is 17.7 Å².